The van der Waals surface area contributed by atoms with E-state index in [1.54, 1.807) is 13.8 Å². The second kappa shape index (κ2) is 7.63. The zero-order chi connectivity index (χ0) is 12.6. The highest BCUT2D eigenvalue weighted by Crippen LogP contribution is 2.08. The smallest absolute Gasteiger partial charge is 0.334 e. The van der Waals surface area contributed by atoms with Crippen molar-refractivity contribution in [3.63, 3.8) is 0 Å². The van der Waals surface area contributed by atoms with E-state index in [4.69, 9.17) is 9.47 Å². The molecule has 0 aromatic rings. The molecule has 0 fully saturated rings. The van der Waals surface area contributed by atoms with Crippen molar-refractivity contribution in [3.05, 3.63) is 12.2 Å². The molecule has 0 aliphatic carbocycles. The molecule has 1 unspecified atom stereocenters. The van der Waals surface area contributed by atoms with Crippen LogP contribution in [0.2, 0.25) is 25.7 Å². The molecular weight excluding hydrogens is 220 g/mol. The molecule has 0 saturated carbocycles. The van der Waals surface area contributed by atoms with Crippen molar-refractivity contribution in [1.82, 2.24) is 0 Å². The van der Waals surface area contributed by atoms with Gasteiger partial charge in [0.15, 0.2) is 6.10 Å². The van der Waals surface area contributed by atoms with Crippen LogP contribution in [0.5, 0.6) is 0 Å². The average Bonchev–Trinajstić information content (AvgIpc) is 2.15. The fourth-order valence-corrected chi connectivity index (χ4v) is 1.91. The summed E-state index contributed by atoms with van der Waals surface area (Å²) < 4.78 is 10.2. The Balaban J connectivity index is 3.69. The first-order valence-electron chi connectivity index (χ1n) is 5.80. The van der Waals surface area contributed by atoms with Crippen molar-refractivity contribution >= 4 is 14.0 Å². The maximum Gasteiger partial charge on any atom is 0.334 e. The van der Waals surface area contributed by atoms with E-state index in [9.17, 15) is 4.79 Å². The summed E-state index contributed by atoms with van der Waals surface area (Å²) in [7, 11) is -1.00. The Bertz CT molecular complexity index is 231. The minimum atomic E-state index is -1.00. The number of hydrogen-bond acceptors (Lipinski definition) is 3. The van der Waals surface area contributed by atoms with Gasteiger partial charge in [0.1, 0.15) is 0 Å². The highest BCUT2D eigenvalue weighted by Gasteiger charge is 2.13. The molecule has 16 heavy (non-hydrogen) atoms. The van der Waals surface area contributed by atoms with Crippen LogP contribution < -0.4 is 0 Å². The van der Waals surface area contributed by atoms with Gasteiger partial charge in [-0.2, -0.15) is 0 Å². The molecule has 0 bridgehead atoms. The SMILES string of the molecule is CCOC(=O)C(C)OC/C=C\C[Si](C)(C)C. The summed E-state index contributed by atoms with van der Waals surface area (Å²) in [6, 6.07) is 1.14. The Labute approximate surface area is 99.8 Å². The Morgan fingerprint density at radius 3 is 2.44 bits per heavy atom. The molecule has 94 valence electrons. The number of allylic oxidation sites excluding steroid dienone is 1. The normalized spacial score (nSPS) is 14.1. The lowest BCUT2D eigenvalue weighted by atomic mass is 10.4. The number of carbonyl (C=O) groups is 1. The minimum Gasteiger partial charge on any atom is -0.464 e. The summed E-state index contributed by atoms with van der Waals surface area (Å²) in [6.07, 6.45) is 3.65. The molecule has 0 aromatic heterocycles. The standard InChI is InChI=1S/C12H24O3Si/c1-6-14-12(13)11(2)15-9-7-8-10-16(3,4)5/h7-8,11H,6,9-10H2,1-5H3/b8-7-. The van der Waals surface area contributed by atoms with E-state index in [0.717, 1.165) is 6.04 Å². The molecule has 0 rings (SSSR count). The lowest BCUT2D eigenvalue weighted by Gasteiger charge is -2.12. The molecule has 4 heteroatoms. The van der Waals surface area contributed by atoms with Crippen molar-refractivity contribution in [3.8, 4) is 0 Å². The van der Waals surface area contributed by atoms with E-state index in [1.165, 1.54) is 0 Å². The summed E-state index contributed by atoms with van der Waals surface area (Å²) in [5, 5.41) is 0. The molecule has 0 radical (unpaired) electrons. The van der Waals surface area contributed by atoms with Crippen molar-refractivity contribution in [2.75, 3.05) is 13.2 Å². The molecule has 0 aliphatic heterocycles. The van der Waals surface area contributed by atoms with E-state index in [0.29, 0.717) is 13.2 Å². The molecule has 0 saturated heterocycles. The predicted molar refractivity (Wildman–Crippen MR) is 69.3 cm³/mol. The van der Waals surface area contributed by atoms with Crippen molar-refractivity contribution in [1.29, 1.82) is 0 Å². The van der Waals surface area contributed by atoms with Crippen molar-refractivity contribution in [2.45, 2.75) is 45.6 Å². The number of rotatable bonds is 7. The Kier molecular flexibility index (Phi) is 7.33. The van der Waals surface area contributed by atoms with Gasteiger partial charge in [0.25, 0.3) is 0 Å². The molecule has 0 heterocycles. The lowest BCUT2D eigenvalue weighted by Crippen LogP contribution is -2.23. The van der Waals surface area contributed by atoms with Gasteiger partial charge in [-0.3, -0.25) is 0 Å². The van der Waals surface area contributed by atoms with Gasteiger partial charge in [0.2, 0.25) is 0 Å². The van der Waals surface area contributed by atoms with Gasteiger partial charge in [-0.15, -0.1) is 0 Å². The number of hydrogen-bond donors (Lipinski definition) is 0. The molecule has 0 amide bonds. The third kappa shape index (κ3) is 8.68. The van der Waals surface area contributed by atoms with Crippen LogP contribution in [0.4, 0.5) is 0 Å². The van der Waals surface area contributed by atoms with E-state index < -0.39 is 14.2 Å². The molecule has 1 atom stereocenters. The minimum absolute atomic E-state index is 0.291. The van der Waals surface area contributed by atoms with Gasteiger partial charge in [-0.05, 0) is 19.9 Å². The quantitative estimate of drug-likeness (QED) is 0.392. The summed E-state index contributed by atoms with van der Waals surface area (Å²) in [4.78, 5) is 11.2. The van der Waals surface area contributed by atoms with Gasteiger partial charge in [-0.1, -0.05) is 31.8 Å². The first-order valence-corrected chi connectivity index (χ1v) is 9.50. The van der Waals surface area contributed by atoms with Crippen LogP contribution in [0.15, 0.2) is 12.2 Å². The van der Waals surface area contributed by atoms with Gasteiger partial charge >= 0.3 is 5.97 Å². The third-order valence-corrected chi connectivity index (χ3v) is 3.42. The molecule has 0 N–H and O–H groups in total. The summed E-state index contributed by atoms with van der Waals surface area (Å²) in [5.74, 6) is -0.291. The molecular formula is C12H24O3Si. The molecule has 0 aliphatic rings. The first-order chi connectivity index (χ1) is 7.37. The fraction of sp³-hybridized carbons (Fsp3) is 0.750. The predicted octanol–water partition coefficient (Wildman–Crippen LogP) is 2.85. The molecule has 0 aromatic carbocycles. The third-order valence-electron chi connectivity index (χ3n) is 1.96. The maximum atomic E-state index is 11.2. The highest BCUT2D eigenvalue weighted by atomic mass is 28.3. The van der Waals surface area contributed by atoms with E-state index in [1.807, 2.05) is 6.08 Å². The van der Waals surface area contributed by atoms with Crippen molar-refractivity contribution < 1.29 is 14.3 Å². The van der Waals surface area contributed by atoms with Crippen LogP contribution >= 0.6 is 0 Å². The Morgan fingerprint density at radius 1 is 1.31 bits per heavy atom. The number of esters is 1. The largest absolute Gasteiger partial charge is 0.464 e. The van der Waals surface area contributed by atoms with Gasteiger partial charge in [0, 0.05) is 8.07 Å². The number of carbonyl (C=O) groups excluding carboxylic acids is 1. The zero-order valence-corrected chi connectivity index (χ0v) is 12.1. The van der Waals surface area contributed by atoms with Crippen LogP contribution in [0.3, 0.4) is 0 Å². The van der Waals surface area contributed by atoms with Crippen LogP contribution in [0.25, 0.3) is 0 Å². The number of ether oxygens (including phenoxy) is 2. The van der Waals surface area contributed by atoms with E-state index in [2.05, 4.69) is 25.7 Å². The average molecular weight is 244 g/mol. The van der Waals surface area contributed by atoms with Gasteiger partial charge < -0.3 is 9.47 Å². The summed E-state index contributed by atoms with van der Waals surface area (Å²) in [6.45, 7) is 11.3. The Morgan fingerprint density at radius 2 is 1.94 bits per heavy atom. The highest BCUT2D eigenvalue weighted by molar-refractivity contribution is 6.76. The van der Waals surface area contributed by atoms with Gasteiger partial charge in [0.05, 0.1) is 13.2 Å². The van der Waals surface area contributed by atoms with Crippen LogP contribution in [0.1, 0.15) is 13.8 Å². The first kappa shape index (κ1) is 15.4. The van der Waals surface area contributed by atoms with Crippen LogP contribution in [-0.2, 0) is 14.3 Å². The lowest BCUT2D eigenvalue weighted by molar-refractivity contribution is -0.154. The second-order valence-electron chi connectivity index (χ2n) is 4.96. The van der Waals surface area contributed by atoms with Crippen molar-refractivity contribution in [2.24, 2.45) is 0 Å². The van der Waals surface area contributed by atoms with Gasteiger partial charge in [-0.25, -0.2) is 4.79 Å². The molecule has 0 spiro atoms. The van der Waals surface area contributed by atoms with Crippen LogP contribution in [-0.4, -0.2) is 33.4 Å². The monoisotopic (exact) mass is 244 g/mol. The molecule has 3 nitrogen and oxygen atoms in total. The zero-order valence-electron chi connectivity index (χ0n) is 11.1. The summed E-state index contributed by atoms with van der Waals surface area (Å²) in [5.41, 5.74) is 0. The second-order valence-corrected chi connectivity index (χ2v) is 10.5. The van der Waals surface area contributed by atoms with Crippen LogP contribution in [0, 0.1) is 0 Å². The maximum absolute atomic E-state index is 11.2. The summed E-state index contributed by atoms with van der Waals surface area (Å²) >= 11 is 0. The topological polar surface area (TPSA) is 35.5 Å². The Hall–Kier alpha value is -0.613. The van der Waals surface area contributed by atoms with E-state index >= 15 is 0 Å². The van der Waals surface area contributed by atoms with E-state index in [-0.39, 0.29) is 5.97 Å². The fourth-order valence-electron chi connectivity index (χ4n) is 1.03.